The number of β-amino-alcohol motifs (C(OH)–C–C–N with tert-alkyl or cyclic N) is 1. The van der Waals surface area contributed by atoms with Gasteiger partial charge in [-0.2, -0.15) is 18.3 Å². The van der Waals surface area contributed by atoms with Crippen molar-refractivity contribution in [2.24, 2.45) is 0 Å². The number of aliphatic hydroxyl groups is 1. The third-order valence-corrected chi connectivity index (χ3v) is 6.72. The number of carbonyl (C=O) groups excluding carboxylic acids is 1. The van der Waals surface area contributed by atoms with Crippen LogP contribution < -0.4 is 15.5 Å². The van der Waals surface area contributed by atoms with Crippen molar-refractivity contribution in [3.8, 4) is 0 Å². The third kappa shape index (κ3) is 6.32. The predicted molar refractivity (Wildman–Crippen MR) is 141 cm³/mol. The smallest absolute Gasteiger partial charge is 0.386 e. The van der Waals surface area contributed by atoms with Gasteiger partial charge in [0.2, 0.25) is 0 Å². The van der Waals surface area contributed by atoms with E-state index in [1.807, 2.05) is 17.9 Å². The Morgan fingerprint density at radius 3 is 2.46 bits per heavy atom. The minimum atomic E-state index is -4.64. The molecule has 0 aliphatic carbocycles. The molecule has 3 heterocycles. The summed E-state index contributed by atoms with van der Waals surface area (Å²) in [5, 5.41) is 23.3. The summed E-state index contributed by atoms with van der Waals surface area (Å²) in [7, 11) is 0. The average molecular weight is 556 g/mol. The van der Waals surface area contributed by atoms with Crippen LogP contribution in [0, 0.1) is 6.92 Å². The number of rotatable bonds is 7. The molecule has 1 fully saturated rings. The highest BCUT2D eigenvalue weighted by atomic mass is 32.2. The number of aromatic amines is 1. The molecule has 0 radical (unpaired) electrons. The number of aryl methyl sites for hydroxylation is 1. The Bertz CT molecular complexity index is 1500. The molecule has 2 aromatic heterocycles. The summed E-state index contributed by atoms with van der Waals surface area (Å²) in [4.78, 5) is 24.5. The number of amides is 1. The average Bonchev–Trinajstić information content (AvgIpc) is 3.27. The number of nitrogens with zero attached hydrogens (tertiary/aromatic N) is 4. The van der Waals surface area contributed by atoms with E-state index in [0.717, 1.165) is 22.7 Å². The highest BCUT2D eigenvalue weighted by Crippen LogP contribution is 2.34. The van der Waals surface area contributed by atoms with E-state index in [1.54, 1.807) is 37.3 Å². The Morgan fingerprint density at radius 2 is 1.82 bits per heavy atom. The molecule has 202 valence electrons. The molecule has 9 nitrogen and oxygen atoms in total. The second-order valence-corrected chi connectivity index (χ2v) is 10.5. The number of carbonyl (C=O) groups is 1. The predicted octanol–water partition coefficient (Wildman–Crippen LogP) is 5.25. The Kier molecular flexibility index (Phi) is 6.95. The molecule has 0 spiro atoms. The summed E-state index contributed by atoms with van der Waals surface area (Å²) >= 11 is 1.27. The summed E-state index contributed by atoms with van der Waals surface area (Å²) in [5.41, 5.74) is -1.07. The van der Waals surface area contributed by atoms with Gasteiger partial charge in [0.05, 0.1) is 22.4 Å². The van der Waals surface area contributed by atoms with Crippen molar-refractivity contribution in [3.05, 3.63) is 77.5 Å². The minimum absolute atomic E-state index is 0.343. The zero-order valence-corrected chi connectivity index (χ0v) is 21.7. The number of alkyl halides is 3. The summed E-state index contributed by atoms with van der Waals surface area (Å²) < 4.78 is 39.8. The van der Waals surface area contributed by atoms with E-state index in [-0.39, 0.29) is 0 Å². The first kappa shape index (κ1) is 26.5. The maximum Gasteiger partial charge on any atom is 0.417 e. The van der Waals surface area contributed by atoms with E-state index >= 15 is 0 Å². The van der Waals surface area contributed by atoms with Crippen LogP contribution in [0.2, 0.25) is 0 Å². The number of halogens is 3. The van der Waals surface area contributed by atoms with Gasteiger partial charge in [-0.25, -0.2) is 9.97 Å². The van der Waals surface area contributed by atoms with Crippen molar-refractivity contribution < 1.29 is 23.1 Å². The number of anilines is 4. The van der Waals surface area contributed by atoms with E-state index in [1.165, 1.54) is 23.9 Å². The molecule has 5 rings (SSSR count). The van der Waals surface area contributed by atoms with Crippen LogP contribution >= 0.6 is 11.8 Å². The number of hydrogen-bond acceptors (Lipinski definition) is 8. The van der Waals surface area contributed by atoms with Gasteiger partial charge in [0.1, 0.15) is 17.5 Å². The summed E-state index contributed by atoms with van der Waals surface area (Å²) in [6.45, 7) is 4.48. The fraction of sp³-hybridized carbons (Fsp3) is 0.231. The van der Waals surface area contributed by atoms with E-state index < -0.39 is 28.8 Å². The molecule has 1 saturated heterocycles. The van der Waals surface area contributed by atoms with Gasteiger partial charge in [0.15, 0.2) is 5.16 Å². The molecule has 39 heavy (non-hydrogen) atoms. The number of nitrogens with one attached hydrogen (secondary N) is 3. The summed E-state index contributed by atoms with van der Waals surface area (Å²) in [5.74, 6) is 0.986. The molecular weight excluding hydrogens is 531 g/mol. The van der Waals surface area contributed by atoms with Gasteiger partial charge in [-0.3, -0.25) is 9.89 Å². The molecule has 4 N–H and O–H groups in total. The van der Waals surface area contributed by atoms with Gasteiger partial charge in [-0.1, -0.05) is 12.1 Å². The van der Waals surface area contributed by atoms with Crippen molar-refractivity contribution in [3.63, 3.8) is 0 Å². The van der Waals surface area contributed by atoms with Crippen LogP contribution in [-0.2, 0) is 6.18 Å². The second-order valence-electron chi connectivity index (χ2n) is 9.42. The van der Waals surface area contributed by atoms with Crippen LogP contribution in [0.25, 0.3) is 0 Å². The highest BCUT2D eigenvalue weighted by molar-refractivity contribution is 7.99. The molecule has 1 amide bonds. The molecule has 1 aliphatic heterocycles. The van der Waals surface area contributed by atoms with Crippen molar-refractivity contribution in [2.45, 2.75) is 35.7 Å². The van der Waals surface area contributed by atoms with Gasteiger partial charge in [-0.15, -0.1) is 0 Å². The standard InChI is InChI=1S/C26H24F3N7O2S/c1-15-11-21(35-34-15)31-20-12-22(36-13-25(2,38)14-36)33-24(32-20)39-17-9-7-16(8-10-17)30-23(37)18-5-3-4-6-19(18)26(27,28)29/h3-12,38H,13-14H2,1-2H3,(H,30,37)(H2,31,32,33,34,35). The molecule has 4 aromatic rings. The lowest BCUT2D eigenvalue weighted by molar-refractivity contribution is -0.137. The number of aromatic nitrogens is 4. The molecule has 1 aliphatic rings. The lowest BCUT2D eigenvalue weighted by atomic mass is 9.97. The first-order chi connectivity index (χ1) is 18.4. The maximum absolute atomic E-state index is 13.3. The second kappa shape index (κ2) is 10.2. The van der Waals surface area contributed by atoms with Crippen LogP contribution in [0.4, 0.5) is 36.3 Å². The normalized spacial score (nSPS) is 14.6. The van der Waals surface area contributed by atoms with Crippen molar-refractivity contribution in [1.29, 1.82) is 0 Å². The zero-order chi connectivity index (χ0) is 27.8. The Morgan fingerprint density at radius 1 is 1.10 bits per heavy atom. The van der Waals surface area contributed by atoms with Crippen LogP contribution in [0.1, 0.15) is 28.5 Å². The minimum Gasteiger partial charge on any atom is -0.386 e. The van der Waals surface area contributed by atoms with E-state index in [9.17, 15) is 23.1 Å². The molecule has 13 heteroatoms. The lowest BCUT2D eigenvalue weighted by Gasteiger charge is -2.45. The van der Waals surface area contributed by atoms with Crippen molar-refractivity contribution in [1.82, 2.24) is 20.2 Å². The molecule has 2 aromatic carbocycles. The zero-order valence-electron chi connectivity index (χ0n) is 20.9. The lowest BCUT2D eigenvalue weighted by Crippen LogP contribution is -2.60. The fourth-order valence-corrected chi connectivity index (χ4v) is 4.85. The molecular formula is C26H24F3N7O2S. The van der Waals surface area contributed by atoms with E-state index in [4.69, 9.17) is 0 Å². The summed E-state index contributed by atoms with van der Waals surface area (Å²) in [6, 6.07) is 14.9. The first-order valence-corrected chi connectivity index (χ1v) is 12.7. The van der Waals surface area contributed by atoms with Gasteiger partial charge in [0, 0.05) is 35.8 Å². The van der Waals surface area contributed by atoms with E-state index in [0.29, 0.717) is 41.4 Å². The van der Waals surface area contributed by atoms with Crippen LogP contribution in [0.5, 0.6) is 0 Å². The number of hydrogen-bond donors (Lipinski definition) is 4. The molecule has 0 saturated carbocycles. The molecule has 0 unspecified atom stereocenters. The maximum atomic E-state index is 13.3. The Hall–Kier alpha value is -4.10. The van der Waals surface area contributed by atoms with Crippen LogP contribution in [0.3, 0.4) is 0 Å². The van der Waals surface area contributed by atoms with Gasteiger partial charge >= 0.3 is 6.18 Å². The Labute approximate surface area is 225 Å². The molecule has 0 bridgehead atoms. The van der Waals surface area contributed by atoms with Gasteiger partial charge in [-0.05, 0) is 62.0 Å². The topological polar surface area (TPSA) is 119 Å². The van der Waals surface area contributed by atoms with Crippen LogP contribution in [-0.4, -0.2) is 49.9 Å². The van der Waals surface area contributed by atoms with Gasteiger partial charge in [0.25, 0.3) is 5.91 Å². The molecule has 0 atom stereocenters. The largest absolute Gasteiger partial charge is 0.417 e. The third-order valence-electron chi connectivity index (χ3n) is 5.85. The number of H-pyrrole nitrogens is 1. The van der Waals surface area contributed by atoms with Crippen molar-refractivity contribution >= 4 is 40.8 Å². The van der Waals surface area contributed by atoms with E-state index in [2.05, 4.69) is 30.8 Å². The summed E-state index contributed by atoms with van der Waals surface area (Å²) in [6.07, 6.45) is -4.64. The quantitative estimate of drug-likeness (QED) is 0.229. The fourth-order valence-electron chi connectivity index (χ4n) is 4.08. The van der Waals surface area contributed by atoms with Gasteiger partial charge < -0.3 is 20.6 Å². The Balaban J connectivity index is 1.32. The highest BCUT2D eigenvalue weighted by Gasteiger charge is 2.38. The number of benzene rings is 2. The SMILES string of the molecule is Cc1cc(Nc2cc(N3CC(C)(O)C3)nc(Sc3ccc(NC(=O)c4ccccc4C(F)(F)F)cc3)n2)[nH]n1. The monoisotopic (exact) mass is 555 g/mol. The van der Waals surface area contributed by atoms with Crippen molar-refractivity contribution in [2.75, 3.05) is 28.6 Å². The van der Waals surface area contributed by atoms with Crippen LogP contribution in [0.15, 0.2) is 70.7 Å². The first-order valence-electron chi connectivity index (χ1n) is 11.9.